The van der Waals surface area contributed by atoms with E-state index in [2.05, 4.69) is 11.4 Å². The zero-order valence-corrected chi connectivity index (χ0v) is 15.9. The highest BCUT2D eigenvalue weighted by Crippen LogP contribution is 2.48. The predicted molar refractivity (Wildman–Crippen MR) is 103 cm³/mol. The number of fused-ring (bicyclic) bond motifs is 1. The van der Waals surface area contributed by atoms with E-state index >= 15 is 0 Å². The largest absolute Gasteiger partial charge is 0.495 e. The lowest BCUT2D eigenvalue weighted by Gasteiger charge is -2.53. The first-order chi connectivity index (χ1) is 13.2. The van der Waals surface area contributed by atoms with Gasteiger partial charge in [0.05, 0.1) is 32.6 Å². The maximum Gasteiger partial charge on any atom is 0.322 e. The second-order valence-electron chi connectivity index (χ2n) is 7.49. The van der Waals surface area contributed by atoms with E-state index in [1.54, 1.807) is 7.11 Å². The highest BCUT2D eigenvalue weighted by atomic mass is 16.5. The molecule has 2 fully saturated rings. The number of carbonyl (C=O) groups is 1. The van der Waals surface area contributed by atoms with Crippen molar-refractivity contribution in [1.82, 2.24) is 4.90 Å². The van der Waals surface area contributed by atoms with Crippen molar-refractivity contribution in [3.05, 3.63) is 35.9 Å². The quantitative estimate of drug-likeness (QED) is 0.826. The Hall–Kier alpha value is -2.05. The van der Waals surface area contributed by atoms with Gasteiger partial charge in [0.15, 0.2) is 0 Å². The molecule has 4 rings (SSSR count). The summed E-state index contributed by atoms with van der Waals surface area (Å²) in [6, 6.07) is 7.65. The highest BCUT2D eigenvalue weighted by Gasteiger charge is 2.50. The van der Waals surface area contributed by atoms with Gasteiger partial charge in [0.2, 0.25) is 0 Å². The molecule has 2 atom stereocenters. The number of piperidine rings is 1. The van der Waals surface area contributed by atoms with Crippen LogP contribution in [-0.2, 0) is 9.47 Å². The maximum atomic E-state index is 13.2. The van der Waals surface area contributed by atoms with Gasteiger partial charge in [0.25, 0.3) is 0 Å². The van der Waals surface area contributed by atoms with Crippen molar-refractivity contribution < 1.29 is 19.0 Å². The molecule has 1 aromatic carbocycles. The van der Waals surface area contributed by atoms with Crippen LogP contribution in [0.5, 0.6) is 5.75 Å². The van der Waals surface area contributed by atoms with Gasteiger partial charge in [-0.3, -0.25) is 0 Å². The normalized spacial score (nSPS) is 28.1. The summed E-state index contributed by atoms with van der Waals surface area (Å²) in [6.45, 7) is 3.60. The number of amides is 2. The molecule has 1 aromatic rings. The lowest BCUT2D eigenvalue weighted by Crippen LogP contribution is -2.60. The maximum absolute atomic E-state index is 13.2. The van der Waals surface area contributed by atoms with Crippen LogP contribution in [0.4, 0.5) is 10.5 Å². The minimum Gasteiger partial charge on any atom is -0.495 e. The number of rotatable bonds is 3. The third-order valence-electron chi connectivity index (χ3n) is 6.14. The van der Waals surface area contributed by atoms with Crippen molar-refractivity contribution in [1.29, 1.82) is 0 Å². The topological polar surface area (TPSA) is 60.0 Å². The number of methoxy groups -OCH3 is 1. The van der Waals surface area contributed by atoms with Crippen molar-refractivity contribution in [3.63, 3.8) is 0 Å². The first-order valence-electron chi connectivity index (χ1n) is 9.80. The number of likely N-dealkylation sites (tertiary alicyclic amines) is 1. The summed E-state index contributed by atoms with van der Waals surface area (Å²) in [4.78, 5) is 15.2. The molecule has 0 spiro atoms. The van der Waals surface area contributed by atoms with Gasteiger partial charge < -0.3 is 24.4 Å². The number of hydrogen-bond acceptors (Lipinski definition) is 4. The molecule has 6 nitrogen and oxygen atoms in total. The Labute approximate surface area is 160 Å². The van der Waals surface area contributed by atoms with Gasteiger partial charge in [-0.25, -0.2) is 4.79 Å². The van der Waals surface area contributed by atoms with Crippen LogP contribution in [-0.4, -0.2) is 57.1 Å². The zero-order chi connectivity index (χ0) is 18.7. The van der Waals surface area contributed by atoms with Gasteiger partial charge in [-0.1, -0.05) is 23.8 Å². The second-order valence-corrected chi connectivity index (χ2v) is 7.49. The molecule has 3 heterocycles. The van der Waals surface area contributed by atoms with Crippen LogP contribution in [0.25, 0.3) is 0 Å². The van der Waals surface area contributed by atoms with Crippen molar-refractivity contribution in [2.24, 2.45) is 5.41 Å². The molecule has 0 aromatic heterocycles. The van der Waals surface area contributed by atoms with Crippen LogP contribution in [0.15, 0.2) is 35.9 Å². The number of anilines is 1. The number of para-hydroxylation sites is 2. The Morgan fingerprint density at radius 2 is 2.19 bits per heavy atom. The van der Waals surface area contributed by atoms with Gasteiger partial charge in [-0.2, -0.15) is 0 Å². The summed E-state index contributed by atoms with van der Waals surface area (Å²) in [5.74, 6) is 0.674. The summed E-state index contributed by atoms with van der Waals surface area (Å²) in [7, 11) is 1.62. The molecule has 0 radical (unpaired) electrons. The van der Waals surface area contributed by atoms with Crippen LogP contribution in [0.3, 0.4) is 0 Å². The van der Waals surface area contributed by atoms with Crippen molar-refractivity contribution in [3.8, 4) is 5.75 Å². The molecule has 0 aliphatic carbocycles. The van der Waals surface area contributed by atoms with E-state index in [0.717, 1.165) is 38.8 Å². The molecule has 6 heteroatoms. The van der Waals surface area contributed by atoms with E-state index in [9.17, 15) is 4.79 Å². The zero-order valence-electron chi connectivity index (χ0n) is 15.9. The minimum absolute atomic E-state index is 0.0527. The number of nitrogens with zero attached hydrogens (tertiary/aromatic N) is 1. The molecule has 3 aliphatic rings. The number of hydrogen-bond donors (Lipinski definition) is 1. The van der Waals surface area contributed by atoms with Crippen LogP contribution < -0.4 is 10.1 Å². The van der Waals surface area contributed by atoms with Crippen molar-refractivity contribution in [2.45, 2.75) is 31.7 Å². The number of ether oxygens (including phenoxy) is 3. The minimum atomic E-state index is -0.0710. The SMILES string of the molecule is COc1ccccc1NC(=O)N1CCC[C@@]2(C3=CCOCC3)COCC[C@H]12. The molecule has 0 saturated carbocycles. The summed E-state index contributed by atoms with van der Waals surface area (Å²) >= 11 is 0. The molecular weight excluding hydrogens is 344 g/mol. The smallest absolute Gasteiger partial charge is 0.322 e. The Morgan fingerprint density at radius 3 is 3.00 bits per heavy atom. The number of carbonyl (C=O) groups excluding carboxylic acids is 1. The molecular formula is C21H28N2O4. The lowest BCUT2D eigenvalue weighted by molar-refractivity contribution is -0.0691. The fourth-order valence-corrected chi connectivity index (χ4v) is 4.86. The predicted octanol–water partition coefficient (Wildman–Crippen LogP) is 3.44. The van der Waals surface area contributed by atoms with Crippen molar-refractivity contribution in [2.75, 3.05) is 45.4 Å². The van der Waals surface area contributed by atoms with Gasteiger partial charge in [0.1, 0.15) is 5.75 Å². The Kier molecular flexibility index (Phi) is 5.36. The number of urea groups is 1. The fraction of sp³-hybridized carbons (Fsp3) is 0.571. The molecule has 0 bridgehead atoms. The van der Waals surface area contributed by atoms with E-state index in [-0.39, 0.29) is 17.5 Å². The van der Waals surface area contributed by atoms with E-state index in [1.165, 1.54) is 5.57 Å². The first kappa shape index (κ1) is 18.3. The highest BCUT2D eigenvalue weighted by molar-refractivity contribution is 5.91. The molecule has 3 aliphatic heterocycles. The summed E-state index contributed by atoms with van der Waals surface area (Å²) < 4.78 is 16.8. The van der Waals surface area contributed by atoms with Gasteiger partial charge in [-0.15, -0.1) is 0 Å². The molecule has 146 valence electrons. The van der Waals surface area contributed by atoms with Crippen LogP contribution >= 0.6 is 0 Å². The lowest BCUT2D eigenvalue weighted by atomic mass is 9.65. The second kappa shape index (κ2) is 7.90. The standard InChI is InChI=1S/C21H28N2O4/c1-25-18-6-3-2-5-17(18)22-20(24)23-11-4-10-21(15-27-14-9-19(21)23)16-7-12-26-13-8-16/h2-3,5-7,19H,4,8-15H2,1H3,(H,22,24)/t19-,21-/m0/s1. The summed E-state index contributed by atoms with van der Waals surface area (Å²) in [6.07, 6.45) is 6.07. The van der Waals surface area contributed by atoms with Gasteiger partial charge >= 0.3 is 6.03 Å². The molecule has 1 N–H and O–H groups in total. The monoisotopic (exact) mass is 372 g/mol. The third-order valence-corrected chi connectivity index (χ3v) is 6.14. The number of benzene rings is 1. The average Bonchev–Trinajstić information content (AvgIpc) is 2.74. The van der Waals surface area contributed by atoms with E-state index in [1.807, 2.05) is 29.2 Å². The van der Waals surface area contributed by atoms with Gasteiger partial charge in [0, 0.05) is 24.6 Å². The van der Waals surface area contributed by atoms with Gasteiger partial charge in [-0.05, 0) is 37.8 Å². The summed E-state index contributed by atoms with van der Waals surface area (Å²) in [5, 5.41) is 3.06. The molecule has 27 heavy (non-hydrogen) atoms. The Morgan fingerprint density at radius 1 is 1.30 bits per heavy atom. The molecule has 2 saturated heterocycles. The molecule has 2 amide bonds. The van der Waals surface area contributed by atoms with E-state index < -0.39 is 0 Å². The van der Waals surface area contributed by atoms with Crippen LogP contribution in [0.2, 0.25) is 0 Å². The first-order valence-corrected chi connectivity index (χ1v) is 9.80. The third kappa shape index (κ3) is 3.44. The fourth-order valence-electron chi connectivity index (χ4n) is 4.86. The van der Waals surface area contributed by atoms with Crippen LogP contribution in [0, 0.1) is 5.41 Å². The van der Waals surface area contributed by atoms with Crippen molar-refractivity contribution >= 4 is 11.7 Å². The van der Waals surface area contributed by atoms with E-state index in [0.29, 0.717) is 31.3 Å². The van der Waals surface area contributed by atoms with E-state index in [4.69, 9.17) is 14.2 Å². The number of nitrogens with one attached hydrogen (secondary N) is 1. The Balaban J connectivity index is 1.59. The summed E-state index contributed by atoms with van der Waals surface area (Å²) in [5.41, 5.74) is 2.05. The Bertz CT molecular complexity index is 716. The molecule has 0 unspecified atom stereocenters. The van der Waals surface area contributed by atoms with Crippen LogP contribution in [0.1, 0.15) is 25.7 Å². The average molecular weight is 372 g/mol.